The van der Waals surface area contributed by atoms with Crippen LogP contribution in [-0.4, -0.2) is 41.2 Å². The van der Waals surface area contributed by atoms with Gasteiger partial charge in [0.2, 0.25) is 0 Å². The molecular formula is C14H23N3O. The molecule has 1 saturated heterocycles. The van der Waals surface area contributed by atoms with E-state index in [4.69, 9.17) is 0 Å². The molecule has 4 heteroatoms. The lowest BCUT2D eigenvalue weighted by molar-refractivity contribution is 0.282. The summed E-state index contributed by atoms with van der Waals surface area (Å²) in [6.45, 7) is 4.75. The van der Waals surface area contributed by atoms with Crippen LogP contribution in [0, 0.1) is 0 Å². The van der Waals surface area contributed by atoms with Gasteiger partial charge in [0.1, 0.15) is 5.82 Å². The quantitative estimate of drug-likeness (QED) is 0.724. The molecule has 0 bridgehead atoms. The van der Waals surface area contributed by atoms with Crippen molar-refractivity contribution in [2.24, 2.45) is 0 Å². The third-order valence-corrected chi connectivity index (χ3v) is 3.45. The molecule has 4 nitrogen and oxygen atoms in total. The average Bonchev–Trinajstić information content (AvgIpc) is 2.92. The van der Waals surface area contributed by atoms with E-state index in [0.29, 0.717) is 0 Å². The van der Waals surface area contributed by atoms with E-state index >= 15 is 0 Å². The number of likely N-dealkylation sites (tertiary alicyclic amines) is 1. The Labute approximate surface area is 109 Å². The summed E-state index contributed by atoms with van der Waals surface area (Å²) < 4.78 is 0. The van der Waals surface area contributed by atoms with E-state index < -0.39 is 0 Å². The summed E-state index contributed by atoms with van der Waals surface area (Å²) in [4.78, 5) is 6.78. The predicted molar refractivity (Wildman–Crippen MR) is 73.6 cm³/mol. The van der Waals surface area contributed by atoms with Crippen LogP contribution >= 0.6 is 0 Å². The number of nitrogens with one attached hydrogen (secondary N) is 1. The van der Waals surface area contributed by atoms with E-state index in [1.165, 1.54) is 38.9 Å². The molecule has 0 saturated carbocycles. The van der Waals surface area contributed by atoms with Gasteiger partial charge in [-0.1, -0.05) is 6.07 Å². The largest absolute Gasteiger partial charge is 0.392 e. The minimum absolute atomic E-state index is 0.0456. The second kappa shape index (κ2) is 7.34. The van der Waals surface area contributed by atoms with Crippen molar-refractivity contribution >= 4 is 5.82 Å². The summed E-state index contributed by atoms with van der Waals surface area (Å²) in [6.07, 6.45) is 6.87. The van der Waals surface area contributed by atoms with Gasteiger partial charge in [-0.3, -0.25) is 0 Å². The minimum Gasteiger partial charge on any atom is -0.392 e. The van der Waals surface area contributed by atoms with Gasteiger partial charge in [0.05, 0.1) is 6.61 Å². The molecule has 0 spiro atoms. The van der Waals surface area contributed by atoms with Crippen molar-refractivity contribution in [3.05, 3.63) is 23.9 Å². The standard InChI is InChI=1S/C14H23N3O/c18-12-13-6-5-8-16-14(13)15-7-1-2-9-17-10-3-4-11-17/h5-6,8,18H,1-4,7,9-12H2,(H,15,16). The molecule has 0 aromatic carbocycles. The first kappa shape index (κ1) is 13.3. The van der Waals surface area contributed by atoms with Gasteiger partial charge < -0.3 is 15.3 Å². The molecule has 0 radical (unpaired) electrons. The molecule has 0 unspecified atom stereocenters. The summed E-state index contributed by atoms with van der Waals surface area (Å²) in [6, 6.07) is 3.75. The maximum atomic E-state index is 9.18. The summed E-state index contributed by atoms with van der Waals surface area (Å²) in [7, 11) is 0. The van der Waals surface area contributed by atoms with E-state index in [1.807, 2.05) is 12.1 Å². The van der Waals surface area contributed by atoms with Crippen LogP contribution in [0.15, 0.2) is 18.3 Å². The van der Waals surface area contributed by atoms with E-state index in [-0.39, 0.29) is 6.61 Å². The second-order valence-corrected chi connectivity index (χ2v) is 4.85. The fourth-order valence-electron chi connectivity index (χ4n) is 2.40. The molecule has 2 rings (SSSR count). The predicted octanol–water partition coefficient (Wildman–Crippen LogP) is 1.86. The number of aliphatic hydroxyl groups excluding tert-OH is 1. The maximum absolute atomic E-state index is 9.18. The topological polar surface area (TPSA) is 48.4 Å². The van der Waals surface area contributed by atoms with Crippen LogP contribution in [0.1, 0.15) is 31.2 Å². The Hall–Kier alpha value is -1.13. The zero-order valence-electron chi connectivity index (χ0n) is 10.9. The zero-order chi connectivity index (χ0) is 12.6. The molecule has 1 fully saturated rings. The fourth-order valence-corrected chi connectivity index (χ4v) is 2.40. The molecule has 0 atom stereocenters. The highest BCUT2D eigenvalue weighted by Gasteiger charge is 2.10. The molecule has 100 valence electrons. The minimum atomic E-state index is 0.0456. The zero-order valence-corrected chi connectivity index (χ0v) is 10.9. The first-order valence-electron chi connectivity index (χ1n) is 6.91. The molecule has 0 amide bonds. The van der Waals surface area contributed by atoms with Gasteiger partial charge >= 0.3 is 0 Å². The Morgan fingerprint density at radius 2 is 2.11 bits per heavy atom. The molecule has 1 aromatic heterocycles. The monoisotopic (exact) mass is 249 g/mol. The number of rotatable bonds is 7. The maximum Gasteiger partial charge on any atom is 0.131 e. The molecule has 1 aliphatic heterocycles. The van der Waals surface area contributed by atoms with E-state index in [2.05, 4.69) is 15.2 Å². The number of nitrogens with zero attached hydrogens (tertiary/aromatic N) is 2. The molecule has 2 heterocycles. The van der Waals surface area contributed by atoms with Crippen LogP contribution in [0.3, 0.4) is 0 Å². The number of aromatic nitrogens is 1. The number of hydrogen-bond donors (Lipinski definition) is 2. The van der Waals surface area contributed by atoms with Crippen LogP contribution in [0.2, 0.25) is 0 Å². The van der Waals surface area contributed by atoms with Gasteiger partial charge in [0.15, 0.2) is 0 Å². The Kier molecular flexibility index (Phi) is 5.42. The third kappa shape index (κ3) is 3.96. The lowest BCUT2D eigenvalue weighted by atomic mass is 10.2. The average molecular weight is 249 g/mol. The molecular weight excluding hydrogens is 226 g/mol. The molecule has 2 N–H and O–H groups in total. The smallest absolute Gasteiger partial charge is 0.131 e. The van der Waals surface area contributed by atoms with Crippen molar-refractivity contribution in [2.45, 2.75) is 32.3 Å². The van der Waals surface area contributed by atoms with Crippen molar-refractivity contribution in [1.82, 2.24) is 9.88 Å². The lowest BCUT2D eigenvalue weighted by Gasteiger charge is -2.14. The van der Waals surface area contributed by atoms with Crippen molar-refractivity contribution in [3.8, 4) is 0 Å². The Morgan fingerprint density at radius 3 is 2.89 bits per heavy atom. The normalized spacial score (nSPS) is 16.1. The first-order valence-corrected chi connectivity index (χ1v) is 6.91. The number of hydrogen-bond acceptors (Lipinski definition) is 4. The number of pyridine rings is 1. The SMILES string of the molecule is OCc1cccnc1NCCCCN1CCCC1. The lowest BCUT2D eigenvalue weighted by Crippen LogP contribution is -2.21. The Bertz CT molecular complexity index is 351. The van der Waals surface area contributed by atoms with E-state index in [1.54, 1.807) is 6.20 Å². The second-order valence-electron chi connectivity index (χ2n) is 4.85. The van der Waals surface area contributed by atoms with Crippen LogP contribution in [0.4, 0.5) is 5.82 Å². The van der Waals surface area contributed by atoms with E-state index in [9.17, 15) is 5.11 Å². The van der Waals surface area contributed by atoms with Gasteiger partial charge in [-0.15, -0.1) is 0 Å². The van der Waals surface area contributed by atoms with Crippen LogP contribution in [-0.2, 0) is 6.61 Å². The van der Waals surface area contributed by atoms with Crippen LogP contribution < -0.4 is 5.32 Å². The fraction of sp³-hybridized carbons (Fsp3) is 0.643. The van der Waals surface area contributed by atoms with Crippen molar-refractivity contribution in [3.63, 3.8) is 0 Å². The van der Waals surface area contributed by atoms with Crippen LogP contribution in [0.25, 0.3) is 0 Å². The van der Waals surface area contributed by atoms with Gasteiger partial charge in [-0.25, -0.2) is 4.98 Å². The van der Waals surface area contributed by atoms with Crippen molar-refractivity contribution in [1.29, 1.82) is 0 Å². The van der Waals surface area contributed by atoms with Gasteiger partial charge in [-0.05, 0) is 51.4 Å². The summed E-state index contributed by atoms with van der Waals surface area (Å²) in [5, 5.41) is 12.5. The molecule has 0 aliphatic carbocycles. The highest BCUT2D eigenvalue weighted by Crippen LogP contribution is 2.11. The number of unbranched alkanes of at least 4 members (excludes halogenated alkanes) is 1. The highest BCUT2D eigenvalue weighted by molar-refractivity contribution is 5.42. The van der Waals surface area contributed by atoms with Crippen LogP contribution in [0.5, 0.6) is 0 Å². The summed E-state index contributed by atoms with van der Waals surface area (Å²) in [5.74, 6) is 0.821. The van der Waals surface area contributed by atoms with Gasteiger partial charge in [0, 0.05) is 18.3 Å². The Balaban J connectivity index is 1.62. The van der Waals surface area contributed by atoms with Crippen molar-refractivity contribution < 1.29 is 5.11 Å². The summed E-state index contributed by atoms with van der Waals surface area (Å²) in [5.41, 5.74) is 0.872. The first-order chi connectivity index (χ1) is 8.90. The Morgan fingerprint density at radius 1 is 1.28 bits per heavy atom. The third-order valence-electron chi connectivity index (χ3n) is 3.45. The summed E-state index contributed by atoms with van der Waals surface area (Å²) >= 11 is 0. The van der Waals surface area contributed by atoms with Gasteiger partial charge in [0.25, 0.3) is 0 Å². The van der Waals surface area contributed by atoms with Crippen molar-refractivity contribution in [2.75, 3.05) is 31.5 Å². The highest BCUT2D eigenvalue weighted by atomic mass is 16.3. The number of anilines is 1. The molecule has 1 aromatic rings. The van der Waals surface area contributed by atoms with E-state index in [0.717, 1.165) is 24.3 Å². The number of aliphatic hydroxyl groups is 1. The van der Waals surface area contributed by atoms with Gasteiger partial charge in [-0.2, -0.15) is 0 Å². The molecule has 1 aliphatic rings. The molecule has 18 heavy (non-hydrogen) atoms.